The van der Waals surface area contributed by atoms with Crippen molar-refractivity contribution < 1.29 is 31.1 Å². The molecule has 0 aliphatic carbocycles. The molecule has 1 atom stereocenters. The average Bonchev–Trinajstić information content (AvgIpc) is 2.61. The number of sulfonamides is 1. The van der Waals surface area contributed by atoms with Crippen LogP contribution in [0.15, 0.2) is 41.3 Å². The zero-order chi connectivity index (χ0) is 22.0. The molecule has 0 spiro atoms. The summed E-state index contributed by atoms with van der Waals surface area (Å²) in [5.41, 5.74) is -1.71. The van der Waals surface area contributed by atoms with Gasteiger partial charge in [0.25, 0.3) is 0 Å². The molecule has 0 bridgehead atoms. The van der Waals surface area contributed by atoms with Crippen molar-refractivity contribution in [3.8, 4) is 5.75 Å². The van der Waals surface area contributed by atoms with Crippen LogP contribution in [0, 0.1) is 0 Å². The van der Waals surface area contributed by atoms with Gasteiger partial charge in [-0.25, -0.2) is 8.42 Å². The molecule has 0 saturated heterocycles. The summed E-state index contributed by atoms with van der Waals surface area (Å²) in [4.78, 5) is 12.0. The fourth-order valence-electron chi connectivity index (χ4n) is 2.27. The third kappa shape index (κ3) is 5.75. The van der Waals surface area contributed by atoms with Gasteiger partial charge in [-0.2, -0.15) is 17.9 Å². The van der Waals surface area contributed by atoms with Gasteiger partial charge >= 0.3 is 6.18 Å². The maximum Gasteiger partial charge on any atom is 0.418 e. The van der Waals surface area contributed by atoms with Gasteiger partial charge in [0.05, 0.1) is 34.3 Å². The third-order valence-electron chi connectivity index (χ3n) is 3.70. The Morgan fingerprint density at radius 3 is 2.34 bits per heavy atom. The molecule has 29 heavy (non-hydrogen) atoms. The molecule has 0 aromatic heterocycles. The molecule has 0 aliphatic heterocycles. The highest BCUT2D eigenvalue weighted by atomic mass is 35.5. The van der Waals surface area contributed by atoms with Gasteiger partial charge in [0.15, 0.2) is 0 Å². The number of halogens is 5. The summed E-state index contributed by atoms with van der Waals surface area (Å²) in [5.74, 6) is -0.750. The Kier molecular flexibility index (Phi) is 7.05. The summed E-state index contributed by atoms with van der Waals surface area (Å²) < 4.78 is 71.3. The van der Waals surface area contributed by atoms with Crippen LogP contribution in [0.2, 0.25) is 10.0 Å². The second kappa shape index (κ2) is 8.78. The van der Waals surface area contributed by atoms with Crippen LogP contribution in [0.1, 0.15) is 12.5 Å². The van der Waals surface area contributed by atoms with Gasteiger partial charge in [-0.15, -0.1) is 0 Å². The van der Waals surface area contributed by atoms with E-state index in [0.29, 0.717) is 6.07 Å². The lowest BCUT2D eigenvalue weighted by Crippen LogP contribution is -2.41. The monoisotopic (exact) mass is 470 g/mol. The lowest BCUT2D eigenvalue weighted by molar-refractivity contribution is -0.137. The van der Waals surface area contributed by atoms with E-state index in [4.69, 9.17) is 27.9 Å². The van der Waals surface area contributed by atoms with Gasteiger partial charge in [0, 0.05) is 5.02 Å². The Balaban J connectivity index is 2.20. The van der Waals surface area contributed by atoms with Gasteiger partial charge in [-0.05, 0) is 43.3 Å². The lowest BCUT2D eigenvalue weighted by atomic mass is 10.1. The number of carbonyl (C=O) groups is 1. The summed E-state index contributed by atoms with van der Waals surface area (Å²) in [5, 5.41) is 1.92. The first-order valence-corrected chi connectivity index (χ1v) is 10.1. The Labute approximate surface area is 175 Å². The molecule has 2 aromatic rings. The van der Waals surface area contributed by atoms with E-state index in [0.717, 1.165) is 12.1 Å². The number of hydrogen-bond donors (Lipinski definition) is 2. The highest BCUT2D eigenvalue weighted by molar-refractivity contribution is 7.89. The standard InChI is InChI=1S/C17H15Cl2F3N2O4S/c1-9(24-29(26,27)11-4-6-15(28-2)13(19)8-11)16(25)23-14-5-3-10(18)7-12(14)17(20,21)22/h3-9,24H,1-2H3,(H,23,25)/t9-/m1/s1. The van der Waals surface area contributed by atoms with Crippen LogP contribution < -0.4 is 14.8 Å². The number of methoxy groups -OCH3 is 1. The van der Waals surface area contributed by atoms with Crippen LogP contribution in [-0.4, -0.2) is 27.5 Å². The molecular weight excluding hydrogens is 456 g/mol. The van der Waals surface area contributed by atoms with E-state index in [2.05, 4.69) is 10.0 Å². The van der Waals surface area contributed by atoms with Gasteiger partial charge in [-0.3, -0.25) is 4.79 Å². The van der Waals surface area contributed by atoms with Gasteiger partial charge in [0.2, 0.25) is 15.9 Å². The summed E-state index contributed by atoms with van der Waals surface area (Å²) in [6, 6.07) is 5.06. The average molecular weight is 471 g/mol. The molecule has 0 radical (unpaired) electrons. The Morgan fingerprint density at radius 2 is 1.79 bits per heavy atom. The molecular formula is C17H15Cl2F3N2O4S. The largest absolute Gasteiger partial charge is 0.495 e. The predicted octanol–water partition coefficient (Wildman–Crippen LogP) is 4.33. The Bertz CT molecular complexity index is 1030. The van der Waals surface area contributed by atoms with Crippen LogP contribution in [-0.2, 0) is 21.0 Å². The number of ether oxygens (including phenoxy) is 1. The van der Waals surface area contributed by atoms with Crippen molar-refractivity contribution in [1.29, 1.82) is 0 Å². The fourth-order valence-corrected chi connectivity index (χ4v) is 3.99. The first-order chi connectivity index (χ1) is 13.3. The van der Waals surface area contributed by atoms with E-state index in [1.807, 2.05) is 0 Å². The zero-order valence-corrected chi connectivity index (χ0v) is 17.3. The number of hydrogen-bond acceptors (Lipinski definition) is 4. The van der Waals surface area contributed by atoms with Crippen LogP contribution in [0.25, 0.3) is 0 Å². The number of benzene rings is 2. The maximum atomic E-state index is 13.1. The first-order valence-electron chi connectivity index (χ1n) is 7.88. The molecule has 158 valence electrons. The zero-order valence-electron chi connectivity index (χ0n) is 15.0. The maximum absolute atomic E-state index is 13.1. The fraction of sp³-hybridized carbons (Fsp3) is 0.235. The topological polar surface area (TPSA) is 84.5 Å². The predicted molar refractivity (Wildman–Crippen MR) is 103 cm³/mol. The highest BCUT2D eigenvalue weighted by Gasteiger charge is 2.34. The molecule has 12 heteroatoms. The summed E-state index contributed by atoms with van der Waals surface area (Å²) in [6.07, 6.45) is -4.77. The number of rotatable bonds is 6. The molecule has 6 nitrogen and oxygen atoms in total. The van der Waals surface area contributed by atoms with Crippen molar-refractivity contribution in [2.24, 2.45) is 0 Å². The van der Waals surface area contributed by atoms with Crippen LogP contribution in [0.3, 0.4) is 0 Å². The number of carbonyl (C=O) groups excluding carboxylic acids is 1. The van der Waals surface area contributed by atoms with Crippen LogP contribution >= 0.6 is 23.2 Å². The highest BCUT2D eigenvalue weighted by Crippen LogP contribution is 2.36. The van der Waals surface area contributed by atoms with Gasteiger partial charge < -0.3 is 10.1 Å². The van der Waals surface area contributed by atoms with Gasteiger partial charge in [-0.1, -0.05) is 23.2 Å². The van der Waals surface area contributed by atoms with E-state index in [1.54, 1.807) is 0 Å². The molecule has 2 rings (SSSR count). The van der Waals surface area contributed by atoms with Gasteiger partial charge in [0.1, 0.15) is 5.75 Å². The number of nitrogens with one attached hydrogen (secondary N) is 2. The minimum Gasteiger partial charge on any atom is -0.495 e. The van der Waals surface area contributed by atoms with E-state index in [9.17, 15) is 26.4 Å². The van der Waals surface area contributed by atoms with E-state index in [-0.39, 0.29) is 20.7 Å². The molecule has 0 unspecified atom stereocenters. The SMILES string of the molecule is COc1ccc(S(=O)(=O)N[C@H](C)C(=O)Nc2ccc(Cl)cc2C(F)(F)F)cc1Cl. The second-order valence-corrected chi connectivity index (χ2v) is 8.37. The van der Waals surface area contributed by atoms with Crippen LogP contribution in [0.5, 0.6) is 5.75 Å². The van der Waals surface area contributed by atoms with E-state index < -0.39 is 39.4 Å². The molecule has 0 saturated carbocycles. The Hall–Kier alpha value is -2.01. The van der Waals surface area contributed by atoms with Crippen LogP contribution in [0.4, 0.5) is 18.9 Å². The van der Waals surface area contributed by atoms with E-state index >= 15 is 0 Å². The lowest BCUT2D eigenvalue weighted by Gasteiger charge is -2.18. The van der Waals surface area contributed by atoms with E-state index in [1.165, 1.54) is 32.2 Å². The van der Waals surface area contributed by atoms with Crippen molar-refractivity contribution in [2.45, 2.75) is 24.0 Å². The molecule has 1 amide bonds. The molecule has 0 fully saturated rings. The molecule has 2 aromatic carbocycles. The Morgan fingerprint density at radius 1 is 1.14 bits per heavy atom. The summed E-state index contributed by atoms with van der Waals surface area (Å²) in [7, 11) is -2.83. The quantitative estimate of drug-likeness (QED) is 0.657. The van der Waals surface area contributed by atoms with Crippen molar-refractivity contribution in [3.63, 3.8) is 0 Å². The summed E-state index contributed by atoms with van der Waals surface area (Å²) in [6.45, 7) is 1.18. The molecule has 0 heterocycles. The van der Waals surface area contributed by atoms with Crippen molar-refractivity contribution in [1.82, 2.24) is 4.72 Å². The normalized spacial score (nSPS) is 13.1. The first kappa shape index (κ1) is 23.3. The number of alkyl halides is 3. The second-order valence-electron chi connectivity index (χ2n) is 5.82. The minimum absolute atomic E-state index is 0.0310. The number of amides is 1. The smallest absolute Gasteiger partial charge is 0.418 e. The molecule has 0 aliphatic rings. The minimum atomic E-state index is -4.77. The van der Waals surface area contributed by atoms with Crippen molar-refractivity contribution >= 4 is 44.8 Å². The van der Waals surface area contributed by atoms with Crippen molar-refractivity contribution in [2.75, 3.05) is 12.4 Å². The third-order valence-corrected chi connectivity index (χ3v) is 5.77. The molecule has 2 N–H and O–H groups in total. The summed E-state index contributed by atoms with van der Waals surface area (Å²) >= 11 is 11.5. The van der Waals surface area contributed by atoms with Crippen molar-refractivity contribution in [3.05, 3.63) is 52.0 Å². The number of anilines is 1.